The molecule has 3 atom stereocenters. The molecule has 0 spiro atoms. The normalized spacial score (nSPS) is 29.3. The predicted molar refractivity (Wildman–Crippen MR) is 57.5 cm³/mol. The molecule has 1 fully saturated rings. The number of aliphatic hydroxyl groups is 1. The molecule has 1 saturated heterocycles. The van der Waals surface area contributed by atoms with Crippen LogP contribution in [0.25, 0.3) is 0 Å². The van der Waals surface area contributed by atoms with E-state index in [1.165, 1.54) is 0 Å². The fourth-order valence-corrected chi connectivity index (χ4v) is 3.89. The first-order chi connectivity index (χ1) is 6.97. The van der Waals surface area contributed by atoms with E-state index in [2.05, 4.69) is 5.32 Å². The van der Waals surface area contributed by atoms with E-state index in [9.17, 15) is 13.5 Å². The maximum Gasteiger partial charge on any atom is 0.158 e. The van der Waals surface area contributed by atoms with Crippen LogP contribution < -0.4 is 5.32 Å². The van der Waals surface area contributed by atoms with Gasteiger partial charge in [-0.3, -0.25) is 0 Å². The second-order valence-corrected chi connectivity index (χ2v) is 6.21. The molecular weight excluding hydrogens is 218 g/mol. The second-order valence-electron chi connectivity index (χ2n) is 3.94. The molecule has 2 N–H and O–H groups in total. The van der Waals surface area contributed by atoms with Gasteiger partial charge >= 0.3 is 0 Å². The number of rotatable bonds is 5. The van der Waals surface area contributed by atoms with Crippen molar-refractivity contribution in [2.24, 2.45) is 0 Å². The average molecular weight is 237 g/mol. The Bertz CT molecular complexity index is 290. The minimum absolute atomic E-state index is 0.188. The molecule has 0 aromatic heterocycles. The van der Waals surface area contributed by atoms with Gasteiger partial charge in [-0.05, 0) is 20.4 Å². The zero-order valence-electron chi connectivity index (χ0n) is 9.14. The van der Waals surface area contributed by atoms with Crippen molar-refractivity contribution in [3.63, 3.8) is 0 Å². The van der Waals surface area contributed by atoms with Crippen molar-refractivity contribution in [1.82, 2.24) is 5.32 Å². The van der Waals surface area contributed by atoms with E-state index in [1.54, 1.807) is 14.0 Å². The van der Waals surface area contributed by atoms with E-state index in [-0.39, 0.29) is 11.9 Å². The minimum Gasteiger partial charge on any atom is -0.391 e. The minimum atomic E-state index is -3.25. The molecule has 6 heteroatoms. The van der Waals surface area contributed by atoms with Crippen molar-refractivity contribution in [2.45, 2.75) is 30.8 Å². The Morgan fingerprint density at radius 1 is 1.60 bits per heavy atom. The van der Waals surface area contributed by atoms with Gasteiger partial charge in [0.15, 0.2) is 9.84 Å². The average Bonchev–Trinajstić information content (AvgIpc) is 2.51. The summed E-state index contributed by atoms with van der Waals surface area (Å²) in [6.45, 7) is 2.55. The summed E-state index contributed by atoms with van der Waals surface area (Å²) in [5.74, 6) is -0.188. The first-order valence-corrected chi connectivity index (χ1v) is 6.84. The lowest BCUT2D eigenvalue weighted by Gasteiger charge is -2.17. The van der Waals surface area contributed by atoms with Gasteiger partial charge in [-0.25, -0.2) is 8.42 Å². The second kappa shape index (κ2) is 5.25. The number of sulfone groups is 1. The molecule has 3 unspecified atom stereocenters. The first-order valence-electron chi connectivity index (χ1n) is 5.13. The van der Waals surface area contributed by atoms with Gasteiger partial charge in [0.1, 0.15) is 0 Å². The number of ether oxygens (including phenoxy) is 1. The highest BCUT2D eigenvalue weighted by molar-refractivity contribution is 7.92. The van der Waals surface area contributed by atoms with Crippen LogP contribution in [0, 0.1) is 0 Å². The zero-order chi connectivity index (χ0) is 11.5. The van der Waals surface area contributed by atoms with Crippen molar-refractivity contribution >= 4 is 9.84 Å². The van der Waals surface area contributed by atoms with Crippen molar-refractivity contribution in [2.75, 3.05) is 26.0 Å². The Hall–Kier alpha value is -0.170. The third-order valence-corrected chi connectivity index (χ3v) is 5.02. The molecule has 0 aromatic rings. The van der Waals surface area contributed by atoms with E-state index < -0.39 is 21.2 Å². The Morgan fingerprint density at radius 2 is 2.27 bits per heavy atom. The number of aliphatic hydroxyl groups excluding tert-OH is 1. The van der Waals surface area contributed by atoms with Crippen LogP contribution in [0.15, 0.2) is 0 Å². The molecule has 0 radical (unpaired) electrons. The predicted octanol–water partition coefficient (Wildman–Crippen LogP) is -0.841. The van der Waals surface area contributed by atoms with Gasteiger partial charge in [0.25, 0.3) is 0 Å². The van der Waals surface area contributed by atoms with Crippen LogP contribution in [0.1, 0.15) is 13.3 Å². The SMILES string of the molecule is CNCC(O)CS(=O)(=O)C1CCOC1C. The quantitative estimate of drug-likeness (QED) is 0.652. The number of likely N-dealkylation sites (N-methyl/N-ethyl adjacent to an activating group) is 1. The highest BCUT2D eigenvalue weighted by Gasteiger charge is 2.36. The molecule has 0 aromatic carbocycles. The van der Waals surface area contributed by atoms with E-state index in [4.69, 9.17) is 4.74 Å². The topological polar surface area (TPSA) is 75.6 Å². The van der Waals surface area contributed by atoms with Crippen molar-refractivity contribution in [3.05, 3.63) is 0 Å². The summed E-state index contributed by atoms with van der Waals surface area (Å²) in [5.41, 5.74) is 0. The molecule has 0 saturated carbocycles. The lowest BCUT2D eigenvalue weighted by atomic mass is 10.3. The van der Waals surface area contributed by atoms with E-state index in [0.717, 1.165) is 0 Å². The van der Waals surface area contributed by atoms with E-state index in [1.807, 2.05) is 0 Å². The highest BCUT2D eigenvalue weighted by Crippen LogP contribution is 2.21. The zero-order valence-corrected chi connectivity index (χ0v) is 9.96. The van der Waals surface area contributed by atoms with Crippen molar-refractivity contribution in [3.8, 4) is 0 Å². The maximum absolute atomic E-state index is 11.9. The van der Waals surface area contributed by atoms with Gasteiger partial charge in [0.05, 0.1) is 23.2 Å². The summed E-state index contributed by atoms with van der Waals surface area (Å²) in [6.07, 6.45) is -0.556. The lowest BCUT2D eigenvalue weighted by Crippen LogP contribution is -2.37. The van der Waals surface area contributed by atoms with Gasteiger partial charge in [-0.15, -0.1) is 0 Å². The summed E-state index contributed by atoms with van der Waals surface area (Å²) in [5, 5.41) is 11.7. The number of nitrogens with one attached hydrogen (secondary N) is 1. The van der Waals surface area contributed by atoms with Gasteiger partial charge in [0, 0.05) is 13.2 Å². The number of hydrogen-bond donors (Lipinski definition) is 2. The van der Waals surface area contributed by atoms with Crippen LogP contribution in [-0.4, -0.2) is 56.9 Å². The fourth-order valence-electron chi connectivity index (χ4n) is 1.87. The summed E-state index contributed by atoms with van der Waals surface area (Å²) in [6, 6.07) is 0. The molecule has 1 heterocycles. The lowest BCUT2D eigenvalue weighted by molar-refractivity contribution is 0.126. The summed E-state index contributed by atoms with van der Waals surface area (Å²) >= 11 is 0. The molecule has 5 nitrogen and oxygen atoms in total. The Morgan fingerprint density at radius 3 is 2.73 bits per heavy atom. The van der Waals surface area contributed by atoms with Gasteiger partial charge < -0.3 is 15.2 Å². The van der Waals surface area contributed by atoms with Crippen molar-refractivity contribution < 1.29 is 18.3 Å². The molecule has 1 aliphatic rings. The Balaban J connectivity index is 2.58. The third-order valence-electron chi connectivity index (χ3n) is 2.63. The summed E-state index contributed by atoms with van der Waals surface area (Å²) in [4.78, 5) is 0. The monoisotopic (exact) mass is 237 g/mol. The van der Waals surface area contributed by atoms with Gasteiger partial charge in [-0.1, -0.05) is 0 Å². The van der Waals surface area contributed by atoms with Crippen LogP contribution in [0.2, 0.25) is 0 Å². The standard InChI is InChI=1S/C9H19NO4S/c1-7-9(3-4-14-7)15(12,13)6-8(11)5-10-2/h7-11H,3-6H2,1-2H3. The Labute approximate surface area is 90.7 Å². The van der Waals surface area contributed by atoms with Gasteiger partial charge in [-0.2, -0.15) is 0 Å². The van der Waals surface area contributed by atoms with Crippen LogP contribution in [0.3, 0.4) is 0 Å². The molecule has 15 heavy (non-hydrogen) atoms. The van der Waals surface area contributed by atoms with E-state index in [0.29, 0.717) is 19.6 Å². The maximum atomic E-state index is 11.9. The van der Waals surface area contributed by atoms with Crippen LogP contribution in [0.5, 0.6) is 0 Å². The summed E-state index contributed by atoms with van der Waals surface area (Å²) < 4.78 is 28.9. The van der Waals surface area contributed by atoms with Crippen LogP contribution >= 0.6 is 0 Å². The summed E-state index contributed by atoms with van der Waals surface area (Å²) in [7, 11) is -1.57. The highest BCUT2D eigenvalue weighted by atomic mass is 32.2. The van der Waals surface area contributed by atoms with Crippen molar-refractivity contribution in [1.29, 1.82) is 0 Å². The fraction of sp³-hybridized carbons (Fsp3) is 1.00. The third kappa shape index (κ3) is 3.41. The molecule has 1 rings (SSSR count). The molecule has 90 valence electrons. The van der Waals surface area contributed by atoms with Gasteiger partial charge in [0.2, 0.25) is 0 Å². The molecule has 0 amide bonds. The first kappa shape index (κ1) is 12.9. The molecular formula is C9H19NO4S. The molecule has 0 bridgehead atoms. The smallest absolute Gasteiger partial charge is 0.158 e. The Kier molecular flexibility index (Phi) is 4.51. The van der Waals surface area contributed by atoms with E-state index >= 15 is 0 Å². The van der Waals surface area contributed by atoms with Crippen LogP contribution in [0.4, 0.5) is 0 Å². The molecule has 1 aliphatic heterocycles. The van der Waals surface area contributed by atoms with Crippen LogP contribution in [-0.2, 0) is 14.6 Å². The molecule has 0 aliphatic carbocycles. The largest absolute Gasteiger partial charge is 0.391 e. The number of hydrogen-bond acceptors (Lipinski definition) is 5.